The minimum Gasteiger partial charge on any atom is -0.455 e. The van der Waals surface area contributed by atoms with Gasteiger partial charge in [0, 0.05) is 11.1 Å². The van der Waals surface area contributed by atoms with E-state index in [-0.39, 0.29) is 28.1 Å². The number of hydrogen-bond acceptors (Lipinski definition) is 4. The molecule has 0 aliphatic heterocycles. The predicted octanol–water partition coefficient (Wildman–Crippen LogP) is 3.87. The summed E-state index contributed by atoms with van der Waals surface area (Å²) in [5, 5.41) is 0.157. The largest absolute Gasteiger partial charge is 0.455 e. The van der Waals surface area contributed by atoms with Gasteiger partial charge in [-0.3, -0.25) is 14.4 Å². The first-order chi connectivity index (χ1) is 11.0. The molecule has 23 heavy (non-hydrogen) atoms. The minimum absolute atomic E-state index is 0.0302. The average molecular weight is 306 g/mol. The molecule has 3 rings (SSSR count). The van der Waals surface area contributed by atoms with Crippen molar-refractivity contribution in [3.05, 3.63) is 69.9 Å². The number of carbonyl (C=O) groups is 2. The van der Waals surface area contributed by atoms with Crippen molar-refractivity contribution >= 4 is 22.5 Å². The highest BCUT2D eigenvalue weighted by molar-refractivity contribution is 6.09. The van der Waals surface area contributed by atoms with Crippen molar-refractivity contribution in [3.8, 4) is 11.3 Å². The van der Waals surface area contributed by atoms with E-state index < -0.39 is 11.2 Å². The number of ketones is 2. The van der Waals surface area contributed by atoms with Gasteiger partial charge in [0.05, 0.1) is 5.39 Å². The summed E-state index contributed by atoms with van der Waals surface area (Å²) in [6.07, 6.45) is 0. The molecule has 0 aliphatic carbocycles. The lowest BCUT2D eigenvalue weighted by atomic mass is 9.99. The lowest BCUT2D eigenvalue weighted by Gasteiger charge is -2.09. The Hall–Kier alpha value is -3.01. The van der Waals surface area contributed by atoms with Gasteiger partial charge in [-0.2, -0.15) is 0 Å². The van der Waals surface area contributed by atoms with Crippen LogP contribution in [0.2, 0.25) is 0 Å². The fourth-order valence-electron chi connectivity index (χ4n) is 2.65. The van der Waals surface area contributed by atoms with Gasteiger partial charge in [-0.15, -0.1) is 0 Å². The standard InChI is InChI=1S/C19H14O4/c1-11(20)14-9-6-10-15-17(14)18(22)16(12(2)21)19(23-15)13-7-4-3-5-8-13/h3-10H,1-2H3. The van der Waals surface area contributed by atoms with Crippen LogP contribution in [0.1, 0.15) is 34.6 Å². The van der Waals surface area contributed by atoms with Crippen molar-refractivity contribution in [2.75, 3.05) is 0 Å². The molecule has 4 heteroatoms. The summed E-state index contributed by atoms with van der Waals surface area (Å²) >= 11 is 0. The Bertz CT molecular complexity index is 981. The second-order valence-corrected chi connectivity index (χ2v) is 5.29. The Kier molecular flexibility index (Phi) is 3.66. The Morgan fingerprint density at radius 2 is 1.57 bits per heavy atom. The van der Waals surface area contributed by atoms with Gasteiger partial charge in [0.2, 0.25) is 5.43 Å². The summed E-state index contributed by atoms with van der Waals surface area (Å²) in [4.78, 5) is 36.7. The summed E-state index contributed by atoms with van der Waals surface area (Å²) in [5.41, 5.74) is 0.704. The molecule has 0 aliphatic rings. The predicted molar refractivity (Wildman–Crippen MR) is 87.9 cm³/mol. The molecule has 0 spiro atoms. The van der Waals surface area contributed by atoms with E-state index in [1.54, 1.807) is 42.5 Å². The molecule has 0 unspecified atom stereocenters. The minimum atomic E-state index is -0.469. The van der Waals surface area contributed by atoms with Crippen molar-refractivity contribution in [3.63, 3.8) is 0 Å². The Morgan fingerprint density at radius 1 is 0.870 bits per heavy atom. The topological polar surface area (TPSA) is 64.3 Å². The summed E-state index contributed by atoms with van der Waals surface area (Å²) in [5.74, 6) is -0.404. The zero-order valence-corrected chi connectivity index (χ0v) is 12.8. The smallest absolute Gasteiger partial charge is 0.204 e. The van der Waals surface area contributed by atoms with Gasteiger partial charge in [-0.05, 0) is 19.9 Å². The quantitative estimate of drug-likeness (QED) is 0.689. The first-order valence-electron chi connectivity index (χ1n) is 7.18. The van der Waals surface area contributed by atoms with Crippen molar-refractivity contribution in [1.82, 2.24) is 0 Å². The van der Waals surface area contributed by atoms with Gasteiger partial charge in [0.25, 0.3) is 0 Å². The van der Waals surface area contributed by atoms with Crippen LogP contribution >= 0.6 is 0 Å². The van der Waals surface area contributed by atoms with Gasteiger partial charge >= 0.3 is 0 Å². The fourth-order valence-corrected chi connectivity index (χ4v) is 2.65. The van der Waals surface area contributed by atoms with Crippen LogP contribution in [0.15, 0.2) is 57.7 Å². The third-order valence-corrected chi connectivity index (χ3v) is 3.69. The van der Waals surface area contributed by atoms with Crippen LogP contribution in [0.3, 0.4) is 0 Å². The summed E-state index contributed by atoms with van der Waals surface area (Å²) < 4.78 is 5.84. The highest BCUT2D eigenvalue weighted by Crippen LogP contribution is 2.27. The van der Waals surface area contributed by atoms with E-state index in [0.717, 1.165) is 0 Å². The van der Waals surface area contributed by atoms with Crippen LogP contribution in [0.4, 0.5) is 0 Å². The van der Waals surface area contributed by atoms with Crippen molar-refractivity contribution in [1.29, 1.82) is 0 Å². The first kappa shape index (κ1) is 14.9. The number of rotatable bonds is 3. The van der Waals surface area contributed by atoms with Crippen LogP contribution in [-0.2, 0) is 0 Å². The lowest BCUT2D eigenvalue weighted by Crippen LogP contribution is -2.17. The second-order valence-electron chi connectivity index (χ2n) is 5.29. The van der Waals surface area contributed by atoms with Gasteiger partial charge in [-0.1, -0.05) is 42.5 Å². The van der Waals surface area contributed by atoms with E-state index in [9.17, 15) is 14.4 Å². The van der Waals surface area contributed by atoms with Crippen molar-refractivity contribution in [2.24, 2.45) is 0 Å². The van der Waals surface area contributed by atoms with Crippen LogP contribution in [-0.4, -0.2) is 11.6 Å². The van der Waals surface area contributed by atoms with Crippen LogP contribution in [0, 0.1) is 0 Å². The number of Topliss-reactive ketones (excluding diaryl/α,β-unsaturated/α-hetero) is 2. The van der Waals surface area contributed by atoms with Crippen LogP contribution in [0.5, 0.6) is 0 Å². The Morgan fingerprint density at radius 3 is 2.17 bits per heavy atom. The molecular weight excluding hydrogens is 292 g/mol. The van der Waals surface area contributed by atoms with E-state index in [1.165, 1.54) is 13.8 Å². The molecule has 0 saturated heterocycles. The zero-order chi connectivity index (χ0) is 16.6. The lowest BCUT2D eigenvalue weighted by molar-refractivity contribution is 0.100. The maximum Gasteiger partial charge on any atom is 0.204 e. The summed E-state index contributed by atoms with van der Waals surface area (Å²) in [7, 11) is 0. The molecule has 4 nitrogen and oxygen atoms in total. The molecule has 0 fully saturated rings. The van der Waals surface area contributed by atoms with Gasteiger partial charge in [-0.25, -0.2) is 0 Å². The average Bonchev–Trinajstić information content (AvgIpc) is 2.54. The zero-order valence-electron chi connectivity index (χ0n) is 12.8. The monoisotopic (exact) mass is 306 g/mol. The van der Waals surface area contributed by atoms with Crippen LogP contribution in [0.25, 0.3) is 22.3 Å². The van der Waals surface area contributed by atoms with Gasteiger partial charge in [0.15, 0.2) is 11.6 Å². The molecule has 0 saturated carbocycles. The molecular formula is C19H14O4. The fraction of sp³-hybridized carbons (Fsp3) is 0.105. The summed E-state index contributed by atoms with van der Waals surface area (Å²) in [6, 6.07) is 13.8. The number of carbonyl (C=O) groups excluding carboxylic acids is 2. The highest BCUT2D eigenvalue weighted by Gasteiger charge is 2.21. The van der Waals surface area contributed by atoms with E-state index in [1.807, 2.05) is 6.07 Å². The Labute approximate surface area is 132 Å². The molecule has 1 heterocycles. The molecule has 0 amide bonds. The summed E-state index contributed by atoms with van der Waals surface area (Å²) in [6.45, 7) is 2.70. The molecule has 3 aromatic rings. The Balaban J connectivity index is 2.49. The number of fused-ring (bicyclic) bond motifs is 1. The van der Waals surface area contributed by atoms with E-state index in [4.69, 9.17) is 4.42 Å². The molecule has 114 valence electrons. The SMILES string of the molecule is CC(=O)c1c(-c2ccccc2)oc2cccc(C(C)=O)c2c1=O. The molecule has 0 radical (unpaired) electrons. The maximum atomic E-state index is 12.9. The van der Waals surface area contributed by atoms with Crippen molar-refractivity contribution in [2.45, 2.75) is 13.8 Å². The second kappa shape index (κ2) is 5.65. The normalized spacial score (nSPS) is 10.7. The van der Waals surface area contributed by atoms with E-state index >= 15 is 0 Å². The highest BCUT2D eigenvalue weighted by atomic mass is 16.3. The molecule has 0 N–H and O–H groups in total. The van der Waals surface area contributed by atoms with Crippen LogP contribution < -0.4 is 5.43 Å². The third kappa shape index (κ3) is 2.48. The van der Waals surface area contributed by atoms with Gasteiger partial charge in [0.1, 0.15) is 16.9 Å². The number of hydrogen-bond donors (Lipinski definition) is 0. The number of benzene rings is 2. The first-order valence-corrected chi connectivity index (χ1v) is 7.18. The third-order valence-electron chi connectivity index (χ3n) is 3.69. The molecule has 1 aromatic heterocycles. The molecule has 2 aromatic carbocycles. The van der Waals surface area contributed by atoms with E-state index in [0.29, 0.717) is 11.1 Å². The maximum absolute atomic E-state index is 12.9. The molecule has 0 bridgehead atoms. The van der Waals surface area contributed by atoms with Gasteiger partial charge < -0.3 is 4.42 Å². The molecule has 0 atom stereocenters. The van der Waals surface area contributed by atoms with E-state index in [2.05, 4.69) is 0 Å². The van der Waals surface area contributed by atoms with Crippen molar-refractivity contribution < 1.29 is 14.0 Å².